The van der Waals surface area contributed by atoms with Gasteiger partial charge in [-0.2, -0.15) is 0 Å². The van der Waals surface area contributed by atoms with E-state index in [2.05, 4.69) is 21.2 Å². The van der Waals surface area contributed by atoms with Crippen LogP contribution in [0.3, 0.4) is 0 Å². The highest BCUT2D eigenvalue weighted by Gasteiger charge is 2.17. The van der Waals surface area contributed by atoms with Crippen LogP contribution in [0.1, 0.15) is 18.1 Å². The van der Waals surface area contributed by atoms with Crippen molar-refractivity contribution in [3.63, 3.8) is 0 Å². The minimum Gasteiger partial charge on any atom is -0.390 e. The number of aliphatic hydroxyl groups is 2. The molecule has 3 nitrogen and oxygen atoms in total. The van der Waals surface area contributed by atoms with E-state index in [1.54, 1.807) is 0 Å². The van der Waals surface area contributed by atoms with Gasteiger partial charge in [0.15, 0.2) is 0 Å². The van der Waals surface area contributed by atoms with Crippen molar-refractivity contribution in [1.29, 1.82) is 0 Å². The summed E-state index contributed by atoms with van der Waals surface area (Å²) in [6.45, 7) is 0. The van der Waals surface area contributed by atoms with Crippen molar-refractivity contribution in [2.24, 2.45) is 0 Å². The third-order valence-corrected chi connectivity index (χ3v) is 3.54. The normalized spacial score (nSPS) is 13.8. The molecule has 0 amide bonds. The molecule has 0 bridgehead atoms. The quantitative estimate of drug-likeness (QED) is 0.707. The first-order valence-electron chi connectivity index (χ1n) is 6.55. The summed E-state index contributed by atoms with van der Waals surface area (Å²) in [6.07, 6.45) is -1.08. The first-order chi connectivity index (χ1) is 9.70. The third kappa shape index (κ3) is 4.07. The zero-order valence-corrected chi connectivity index (χ0v) is 12.6. The van der Waals surface area contributed by atoms with Gasteiger partial charge >= 0.3 is 0 Å². The lowest BCUT2D eigenvalue weighted by Gasteiger charge is -2.17. The lowest BCUT2D eigenvalue weighted by Crippen LogP contribution is -2.18. The van der Waals surface area contributed by atoms with Crippen LogP contribution >= 0.6 is 15.9 Å². The number of nitrogens with one attached hydrogen (secondary N) is 1. The second-order valence-electron chi connectivity index (χ2n) is 4.60. The number of anilines is 2. The molecule has 0 fully saturated rings. The molecule has 0 spiro atoms. The van der Waals surface area contributed by atoms with Gasteiger partial charge in [0.25, 0.3) is 0 Å². The molecule has 0 saturated carbocycles. The topological polar surface area (TPSA) is 52.5 Å². The molecular formula is C16H18BrNO2. The Hall–Kier alpha value is -1.36. The van der Waals surface area contributed by atoms with Crippen molar-refractivity contribution in [2.75, 3.05) is 10.6 Å². The summed E-state index contributed by atoms with van der Waals surface area (Å²) in [4.78, 5) is 0. The monoisotopic (exact) mass is 335 g/mol. The molecule has 2 aromatic rings. The molecule has 3 N–H and O–H groups in total. The molecule has 0 heterocycles. The SMILES string of the molecule is OC(CCBr)C(O)c1ccc(Nc2ccccc2)cc1. The Morgan fingerprint density at radius 2 is 1.50 bits per heavy atom. The first kappa shape index (κ1) is 15.0. The van der Waals surface area contributed by atoms with Crippen molar-refractivity contribution in [3.05, 3.63) is 60.2 Å². The Bertz CT molecular complexity index is 516. The van der Waals surface area contributed by atoms with E-state index in [-0.39, 0.29) is 0 Å². The molecule has 2 atom stereocenters. The van der Waals surface area contributed by atoms with Gasteiger partial charge in [-0.1, -0.05) is 46.3 Å². The predicted octanol–water partition coefficient (Wildman–Crippen LogP) is 3.61. The first-order valence-corrected chi connectivity index (χ1v) is 7.67. The van der Waals surface area contributed by atoms with Gasteiger partial charge in [-0.15, -0.1) is 0 Å². The molecular weight excluding hydrogens is 318 g/mol. The van der Waals surface area contributed by atoms with Crippen molar-refractivity contribution < 1.29 is 10.2 Å². The van der Waals surface area contributed by atoms with Gasteiger partial charge in [0, 0.05) is 16.7 Å². The molecule has 0 aromatic heterocycles. The van der Waals surface area contributed by atoms with Crippen LogP contribution in [0.25, 0.3) is 0 Å². The zero-order chi connectivity index (χ0) is 14.4. The van der Waals surface area contributed by atoms with Gasteiger partial charge in [-0.05, 0) is 36.2 Å². The minimum absolute atomic E-state index is 0.519. The third-order valence-electron chi connectivity index (χ3n) is 3.08. The maximum atomic E-state index is 10.0. The summed E-state index contributed by atoms with van der Waals surface area (Å²) in [5.41, 5.74) is 2.68. The fourth-order valence-corrected chi connectivity index (χ4v) is 2.41. The zero-order valence-electron chi connectivity index (χ0n) is 11.0. The van der Waals surface area contributed by atoms with Crippen molar-refractivity contribution in [2.45, 2.75) is 18.6 Å². The molecule has 4 heteroatoms. The molecule has 0 radical (unpaired) electrons. The summed E-state index contributed by atoms with van der Waals surface area (Å²) in [6, 6.07) is 17.3. The maximum Gasteiger partial charge on any atom is 0.105 e. The van der Waals surface area contributed by atoms with Crippen molar-refractivity contribution in [1.82, 2.24) is 0 Å². The Morgan fingerprint density at radius 1 is 0.900 bits per heavy atom. The summed E-state index contributed by atoms with van der Waals surface area (Å²) in [7, 11) is 0. The number of aliphatic hydroxyl groups excluding tert-OH is 2. The van der Waals surface area contributed by atoms with Crippen molar-refractivity contribution >= 4 is 27.3 Å². The highest BCUT2D eigenvalue weighted by atomic mass is 79.9. The summed E-state index contributed by atoms with van der Waals surface area (Å²) in [5.74, 6) is 0. The summed E-state index contributed by atoms with van der Waals surface area (Å²) >= 11 is 3.26. The Kier molecular flexibility index (Phi) is 5.59. The van der Waals surface area contributed by atoms with Gasteiger partial charge < -0.3 is 15.5 Å². The molecule has 0 aliphatic rings. The summed E-state index contributed by atoms with van der Waals surface area (Å²) < 4.78 is 0. The van der Waals surface area contributed by atoms with E-state index in [9.17, 15) is 10.2 Å². The Labute approximate surface area is 127 Å². The Morgan fingerprint density at radius 3 is 2.10 bits per heavy atom. The van der Waals surface area contributed by atoms with Gasteiger partial charge in [-0.3, -0.25) is 0 Å². The molecule has 20 heavy (non-hydrogen) atoms. The van der Waals surface area contributed by atoms with E-state index in [0.717, 1.165) is 16.9 Å². The fourth-order valence-electron chi connectivity index (χ4n) is 1.94. The van der Waals surface area contributed by atoms with Gasteiger partial charge in [0.05, 0.1) is 6.10 Å². The molecule has 2 unspecified atom stereocenters. The van der Waals surface area contributed by atoms with Crippen LogP contribution in [0.4, 0.5) is 11.4 Å². The number of para-hydroxylation sites is 1. The van der Waals surface area contributed by atoms with Crippen LogP contribution in [-0.2, 0) is 0 Å². The number of rotatable bonds is 6. The van der Waals surface area contributed by atoms with E-state index in [0.29, 0.717) is 11.8 Å². The average Bonchev–Trinajstić information content (AvgIpc) is 2.48. The van der Waals surface area contributed by atoms with Crippen LogP contribution in [-0.4, -0.2) is 21.6 Å². The van der Waals surface area contributed by atoms with Gasteiger partial charge in [0.1, 0.15) is 6.10 Å². The lowest BCUT2D eigenvalue weighted by molar-refractivity contribution is 0.0174. The Balaban J connectivity index is 2.03. The molecule has 2 rings (SSSR count). The number of halogens is 1. The van der Waals surface area contributed by atoms with E-state index in [1.807, 2.05) is 54.6 Å². The molecule has 2 aromatic carbocycles. The second kappa shape index (κ2) is 7.43. The molecule has 106 valence electrons. The summed E-state index contributed by atoms with van der Waals surface area (Å²) in [5, 5.41) is 23.7. The smallest absolute Gasteiger partial charge is 0.105 e. The van der Waals surface area contributed by atoms with E-state index in [1.165, 1.54) is 0 Å². The predicted molar refractivity (Wildman–Crippen MR) is 85.5 cm³/mol. The highest BCUT2D eigenvalue weighted by molar-refractivity contribution is 9.09. The maximum absolute atomic E-state index is 10.0. The van der Waals surface area contributed by atoms with Crippen molar-refractivity contribution in [3.8, 4) is 0 Å². The number of alkyl halides is 1. The van der Waals surface area contributed by atoms with Crippen LogP contribution in [0.2, 0.25) is 0 Å². The van der Waals surface area contributed by atoms with Gasteiger partial charge in [-0.25, -0.2) is 0 Å². The van der Waals surface area contributed by atoms with E-state index in [4.69, 9.17) is 0 Å². The largest absolute Gasteiger partial charge is 0.390 e. The van der Waals surface area contributed by atoms with Crippen LogP contribution in [0.15, 0.2) is 54.6 Å². The molecule has 0 aliphatic carbocycles. The molecule has 0 saturated heterocycles. The van der Waals surface area contributed by atoms with Gasteiger partial charge in [0.2, 0.25) is 0 Å². The lowest BCUT2D eigenvalue weighted by atomic mass is 10.0. The standard InChI is InChI=1S/C16H18BrNO2/c17-11-10-15(19)16(20)12-6-8-14(9-7-12)18-13-4-2-1-3-5-13/h1-9,15-16,18-20H,10-11H2. The van der Waals surface area contributed by atoms with E-state index >= 15 is 0 Å². The molecule has 0 aliphatic heterocycles. The van der Waals surface area contributed by atoms with Crippen LogP contribution in [0.5, 0.6) is 0 Å². The van der Waals surface area contributed by atoms with E-state index < -0.39 is 12.2 Å². The van der Waals surface area contributed by atoms with Crippen LogP contribution in [0, 0.1) is 0 Å². The van der Waals surface area contributed by atoms with Crippen LogP contribution < -0.4 is 5.32 Å². The average molecular weight is 336 g/mol. The number of hydrogen-bond acceptors (Lipinski definition) is 3. The minimum atomic E-state index is -0.849. The number of benzene rings is 2. The number of hydrogen-bond donors (Lipinski definition) is 3. The fraction of sp³-hybridized carbons (Fsp3) is 0.250. The second-order valence-corrected chi connectivity index (χ2v) is 5.40. The highest BCUT2D eigenvalue weighted by Crippen LogP contribution is 2.23.